The summed E-state index contributed by atoms with van der Waals surface area (Å²) >= 11 is 0. The highest BCUT2D eigenvalue weighted by Crippen LogP contribution is 2.32. The first-order chi connectivity index (χ1) is 7.45. The van der Waals surface area contributed by atoms with Crippen molar-refractivity contribution in [2.45, 2.75) is 6.61 Å². The number of hydrogen-bond acceptors (Lipinski definition) is 4. The smallest absolute Gasteiger partial charge is 0.387 e. The number of nitrogens with two attached hydrogens (primary N) is 2. The quantitative estimate of drug-likeness (QED) is 0.757. The Morgan fingerprint density at radius 2 is 2.00 bits per heavy atom. The lowest BCUT2D eigenvalue weighted by Gasteiger charge is -2.12. The molecule has 0 atom stereocenters. The van der Waals surface area contributed by atoms with E-state index in [1.165, 1.54) is 13.2 Å². The molecule has 1 aromatic rings. The highest BCUT2D eigenvalue weighted by Gasteiger charge is 2.16. The highest BCUT2D eigenvalue weighted by atomic mass is 19.3. The van der Waals surface area contributed by atoms with Crippen LogP contribution in [0.15, 0.2) is 12.1 Å². The molecule has 1 amide bonds. The van der Waals surface area contributed by atoms with Crippen LogP contribution in [0.25, 0.3) is 0 Å². The van der Waals surface area contributed by atoms with Gasteiger partial charge in [0.2, 0.25) is 0 Å². The van der Waals surface area contributed by atoms with Gasteiger partial charge in [0.25, 0.3) is 5.91 Å². The summed E-state index contributed by atoms with van der Waals surface area (Å²) in [5, 5.41) is 0. The van der Waals surface area contributed by atoms with Gasteiger partial charge in [0, 0.05) is 11.8 Å². The Balaban J connectivity index is 3.23. The molecule has 1 aromatic carbocycles. The summed E-state index contributed by atoms with van der Waals surface area (Å²) in [6.07, 6.45) is 0. The Kier molecular flexibility index (Phi) is 3.49. The molecular formula is C9H10F2N2O3. The van der Waals surface area contributed by atoms with Crippen molar-refractivity contribution in [3.8, 4) is 11.5 Å². The Bertz CT molecular complexity index is 410. The molecule has 1 rings (SSSR count). The van der Waals surface area contributed by atoms with E-state index in [9.17, 15) is 13.6 Å². The lowest BCUT2D eigenvalue weighted by atomic mass is 10.1. The number of methoxy groups -OCH3 is 1. The average molecular weight is 232 g/mol. The first-order valence-electron chi connectivity index (χ1n) is 4.17. The second-order valence-electron chi connectivity index (χ2n) is 2.83. The molecule has 0 saturated heterocycles. The maximum absolute atomic E-state index is 12.0. The minimum absolute atomic E-state index is 0.00259. The van der Waals surface area contributed by atoms with Crippen LogP contribution in [-0.2, 0) is 0 Å². The molecule has 0 aromatic heterocycles. The van der Waals surface area contributed by atoms with Gasteiger partial charge in [-0.3, -0.25) is 4.79 Å². The summed E-state index contributed by atoms with van der Waals surface area (Å²) in [5.41, 5.74) is 10.4. The third-order valence-corrected chi connectivity index (χ3v) is 1.82. The Morgan fingerprint density at radius 1 is 1.38 bits per heavy atom. The lowest BCUT2D eigenvalue weighted by molar-refractivity contribution is -0.0512. The van der Waals surface area contributed by atoms with Crippen molar-refractivity contribution in [2.24, 2.45) is 5.73 Å². The third kappa shape index (κ3) is 2.50. The van der Waals surface area contributed by atoms with E-state index in [4.69, 9.17) is 16.2 Å². The zero-order valence-corrected chi connectivity index (χ0v) is 8.37. The van der Waals surface area contributed by atoms with Crippen LogP contribution in [0, 0.1) is 0 Å². The number of ether oxygens (including phenoxy) is 2. The number of halogens is 2. The van der Waals surface area contributed by atoms with Gasteiger partial charge in [-0.1, -0.05) is 0 Å². The standard InChI is InChI=1S/C9H10F2N2O3/c1-15-6-3-5(12)4(8(13)14)2-7(6)16-9(10)11/h2-3,9H,12H2,1H3,(H2,13,14). The van der Waals surface area contributed by atoms with E-state index in [-0.39, 0.29) is 22.7 Å². The Hall–Kier alpha value is -2.05. The first kappa shape index (κ1) is 12.0. The van der Waals surface area contributed by atoms with Gasteiger partial charge in [-0.25, -0.2) is 0 Å². The number of hydrogen-bond donors (Lipinski definition) is 2. The highest BCUT2D eigenvalue weighted by molar-refractivity contribution is 5.98. The number of anilines is 1. The average Bonchev–Trinajstić information content (AvgIpc) is 2.18. The second-order valence-corrected chi connectivity index (χ2v) is 2.83. The van der Waals surface area contributed by atoms with E-state index < -0.39 is 12.5 Å². The summed E-state index contributed by atoms with van der Waals surface area (Å²) in [7, 11) is 1.26. The summed E-state index contributed by atoms with van der Waals surface area (Å²) in [5.74, 6) is -1.12. The van der Waals surface area contributed by atoms with Crippen LogP contribution in [0.3, 0.4) is 0 Å². The molecule has 88 valence electrons. The molecule has 4 N–H and O–H groups in total. The summed E-state index contributed by atoms with van der Waals surface area (Å²) < 4.78 is 33.0. The largest absolute Gasteiger partial charge is 0.493 e. The number of benzene rings is 1. The van der Waals surface area contributed by atoms with Gasteiger partial charge < -0.3 is 20.9 Å². The molecule has 0 unspecified atom stereocenters. The van der Waals surface area contributed by atoms with Crippen molar-refractivity contribution in [1.29, 1.82) is 0 Å². The molecule has 0 heterocycles. The number of nitrogen functional groups attached to an aromatic ring is 1. The molecule has 0 aliphatic heterocycles. The normalized spacial score (nSPS) is 10.2. The molecule has 5 nitrogen and oxygen atoms in total. The fourth-order valence-electron chi connectivity index (χ4n) is 1.14. The van der Waals surface area contributed by atoms with Gasteiger partial charge >= 0.3 is 6.61 Å². The molecule has 0 aliphatic rings. The van der Waals surface area contributed by atoms with Crippen LogP contribution in [0.1, 0.15) is 10.4 Å². The van der Waals surface area contributed by atoms with Crippen LogP contribution in [0.4, 0.5) is 14.5 Å². The molecule has 0 bridgehead atoms. The van der Waals surface area contributed by atoms with Gasteiger partial charge in [0.05, 0.1) is 12.7 Å². The van der Waals surface area contributed by atoms with E-state index in [0.717, 1.165) is 6.07 Å². The first-order valence-corrected chi connectivity index (χ1v) is 4.17. The van der Waals surface area contributed by atoms with E-state index >= 15 is 0 Å². The third-order valence-electron chi connectivity index (χ3n) is 1.82. The molecular weight excluding hydrogens is 222 g/mol. The molecule has 0 aliphatic carbocycles. The SMILES string of the molecule is COc1cc(N)c(C(N)=O)cc1OC(F)F. The molecule has 0 spiro atoms. The van der Waals surface area contributed by atoms with Gasteiger partial charge in [-0.2, -0.15) is 8.78 Å². The molecule has 7 heteroatoms. The fraction of sp³-hybridized carbons (Fsp3) is 0.222. The maximum atomic E-state index is 12.0. The summed E-state index contributed by atoms with van der Waals surface area (Å²) in [6, 6.07) is 2.21. The Labute approximate surface area is 89.9 Å². The van der Waals surface area contributed by atoms with E-state index in [0.29, 0.717) is 0 Å². The fourth-order valence-corrected chi connectivity index (χ4v) is 1.14. The maximum Gasteiger partial charge on any atom is 0.387 e. The number of rotatable bonds is 4. The monoisotopic (exact) mass is 232 g/mol. The molecule has 0 radical (unpaired) electrons. The Morgan fingerprint density at radius 3 is 2.44 bits per heavy atom. The van der Waals surface area contributed by atoms with Crippen molar-refractivity contribution < 1.29 is 23.0 Å². The number of carbonyl (C=O) groups excluding carboxylic acids is 1. The zero-order chi connectivity index (χ0) is 12.3. The van der Waals surface area contributed by atoms with Crippen molar-refractivity contribution in [3.05, 3.63) is 17.7 Å². The van der Waals surface area contributed by atoms with Crippen LogP contribution < -0.4 is 20.9 Å². The molecule has 0 saturated carbocycles. The van der Waals surface area contributed by atoms with Crippen LogP contribution in [0.2, 0.25) is 0 Å². The van der Waals surface area contributed by atoms with Gasteiger partial charge in [0.15, 0.2) is 11.5 Å². The van der Waals surface area contributed by atoms with Crippen molar-refractivity contribution in [2.75, 3.05) is 12.8 Å². The zero-order valence-electron chi connectivity index (χ0n) is 8.37. The topological polar surface area (TPSA) is 87.6 Å². The van der Waals surface area contributed by atoms with Crippen molar-refractivity contribution in [3.63, 3.8) is 0 Å². The van der Waals surface area contributed by atoms with Crippen LogP contribution >= 0.6 is 0 Å². The molecule has 0 fully saturated rings. The predicted octanol–water partition coefficient (Wildman–Crippen LogP) is 0.978. The lowest BCUT2D eigenvalue weighted by Crippen LogP contribution is -2.14. The predicted molar refractivity (Wildman–Crippen MR) is 52.6 cm³/mol. The van der Waals surface area contributed by atoms with Gasteiger partial charge in [-0.15, -0.1) is 0 Å². The minimum Gasteiger partial charge on any atom is -0.493 e. The summed E-state index contributed by atoms with van der Waals surface area (Å²) in [4.78, 5) is 10.9. The number of amides is 1. The van der Waals surface area contributed by atoms with Crippen molar-refractivity contribution >= 4 is 11.6 Å². The van der Waals surface area contributed by atoms with Gasteiger partial charge in [-0.05, 0) is 6.07 Å². The van der Waals surface area contributed by atoms with Crippen molar-refractivity contribution in [1.82, 2.24) is 0 Å². The van der Waals surface area contributed by atoms with Crippen LogP contribution in [-0.4, -0.2) is 19.6 Å². The van der Waals surface area contributed by atoms with E-state index in [1.807, 2.05) is 0 Å². The van der Waals surface area contributed by atoms with E-state index in [1.54, 1.807) is 0 Å². The van der Waals surface area contributed by atoms with Crippen LogP contribution in [0.5, 0.6) is 11.5 Å². The number of carbonyl (C=O) groups is 1. The summed E-state index contributed by atoms with van der Waals surface area (Å²) in [6.45, 7) is -3.03. The molecule has 16 heavy (non-hydrogen) atoms. The number of primary amides is 1. The number of alkyl halides is 2. The minimum atomic E-state index is -3.03. The second kappa shape index (κ2) is 4.65. The van der Waals surface area contributed by atoms with Gasteiger partial charge in [0.1, 0.15) is 0 Å². The van der Waals surface area contributed by atoms with E-state index in [2.05, 4.69) is 4.74 Å².